The third-order valence-corrected chi connectivity index (χ3v) is 7.90. The normalized spacial score (nSPS) is 23.4. The Bertz CT molecular complexity index is 1010. The van der Waals surface area contributed by atoms with Crippen LogP contribution in [0.3, 0.4) is 0 Å². The first-order valence-electron chi connectivity index (χ1n) is 8.22. The van der Waals surface area contributed by atoms with Crippen LogP contribution < -0.4 is 4.90 Å². The maximum Gasteiger partial charge on any atom is 0.164 e. The minimum Gasteiger partial charge on any atom is -0.315 e. The number of anilines is 1. The zero-order chi connectivity index (χ0) is 19.2. The molecule has 4 rings (SSSR count). The first kappa shape index (κ1) is 19.1. The van der Waals surface area contributed by atoms with E-state index in [4.69, 9.17) is 23.2 Å². The summed E-state index contributed by atoms with van der Waals surface area (Å²) in [6.45, 7) is 0. The Morgan fingerprint density at radius 3 is 2.59 bits per heavy atom. The van der Waals surface area contributed by atoms with Crippen molar-refractivity contribution < 1.29 is 12.8 Å². The lowest BCUT2D eigenvalue weighted by Gasteiger charge is -2.26. The van der Waals surface area contributed by atoms with Crippen LogP contribution >= 0.6 is 35.0 Å². The molecule has 0 unspecified atom stereocenters. The molecule has 0 aliphatic carbocycles. The van der Waals surface area contributed by atoms with Crippen molar-refractivity contribution in [2.24, 2.45) is 4.99 Å². The number of hydrogen-bond acceptors (Lipinski definition) is 5. The van der Waals surface area contributed by atoms with Gasteiger partial charge in [-0.3, -0.25) is 4.99 Å². The van der Waals surface area contributed by atoms with Crippen molar-refractivity contribution in [3.05, 3.63) is 63.9 Å². The van der Waals surface area contributed by atoms with Gasteiger partial charge in [-0.2, -0.15) is 0 Å². The highest BCUT2D eigenvalue weighted by Crippen LogP contribution is 2.36. The summed E-state index contributed by atoms with van der Waals surface area (Å²) >= 11 is 13.6. The molecule has 27 heavy (non-hydrogen) atoms. The Morgan fingerprint density at radius 2 is 1.89 bits per heavy atom. The number of nitrogens with zero attached hydrogens (tertiary/aromatic N) is 2. The average Bonchev–Trinajstić information content (AvgIpc) is 3.06. The lowest BCUT2D eigenvalue weighted by atomic mass is 10.1. The van der Waals surface area contributed by atoms with Gasteiger partial charge in [-0.05, 0) is 42.0 Å². The Kier molecular flexibility index (Phi) is 5.14. The fraction of sp³-hybridized carbons (Fsp3) is 0.278. The van der Waals surface area contributed by atoms with Crippen molar-refractivity contribution in [1.82, 2.24) is 0 Å². The lowest BCUT2D eigenvalue weighted by Crippen LogP contribution is -2.39. The van der Waals surface area contributed by atoms with Crippen LogP contribution in [0.4, 0.5) is 10.1 Å². The summed E-state index contributed by atoms with van der Waals surface area (Å²) in [4.78, 5) is 6.63. The summed E-state index contributed by atoms with van der Waals surface area (Å²) in [5.74, 6) is 0.261. The zero-order valence-corrected chi connectivity index (χ0v) is 17.1. The third kappa shape index (κ3) is 3.97. The molecule has 2 heterocycles. The molecule has 1 fully saturated rings. The summed E-state index contributed by atoms with van der Waals surface area (Å²) in [5, 5.41) is 1.71. The topological polar surface area (TPSA) is 49.7 Å². The highest BCUT2D eigenvalue weighted by molar-refractivity contribution is 8.13. The van der Waals surface area contributed by atoms with Crippen molar-refractivity contribution in [3.63, 3.8) is 0 Å². The molecule has 0 spiro atoms. The Balaban J connectivity index is 1.61. The van der Waals surface area contributed by atoms with Crippen LogP contribution in [0.5, 0.6) is 0 Å². The van der Waals surface area contributed by atoms with E-state index in [2.05, 4.69) is 4.99 Å². The molecule has 2 atom stereocenters. The van der Waals surface area contributed by atoms with Crippen LogP contribution in [0.2, 0.25) is 10.0 Å². The molecule has 0 amide bonds. The molecule has 142 valence electrons. The van der Waals surface area contributed by atoms with E-state index < -0.39 is 9.84 Å². The van der Waals surface area contributed by atoms with E-state index in [1.165, 1.54) is 23.9 Å². The lowest BCUT2D eigenvalue weighted by molar-refractivity contribution is 0.601. The second kappa shape index (κ2) is 7.28. The van der Waals surface area contributed by atoms with Gasteiger partial charge in [-0.15, -0.1) is 0 Å². The van der Waals surface area contributed by atoms with Gasteiger partial charge in [0.25, 0.3) is 0 Å². The van der Waals surface area contributed by atoms with Crippen molar-refractivity contribution in [1.29, 1.82) is 0 Å². The predicted molar refractivity (Wildman–Crippen MR) is 110 cm³/mol. The number of amidine groups is 1. The SMILES string of the molecule is O=S1(=O)C[C@@H]2N=C(SCc3ccc(F)cc3Cl)N(c3ccc(Cl)cc3)[C@H]2C1. The first-order valence-corrected chi connectivity index (χ1v) is 11.8. The molecule has 2 aromatic rings. The Morgan fingerprint density at radius 1 is 1.15 bits per heavy atom. The van der Waals surface area contributed by atoms with Gasteiger partial charge in [0.15, 0.2) is 15.0 Å². The number of hydrogen-bond donors (Lipinski definition) is 0. The van der Waals surface area contributed by atoms with Crippen LogP contribution in [-0.4, -0.2) is 37.2 Å². The molecule has 0 aromatic heterocycles. The van der Waals surface area contributed by atoms with Crippen molar-refractivity contribution in [2.75, 3.05) is 16.4 Å². The number of aliphatic imine (C=N–C) groups is 1. The van der Waals surface area contributed by atoms with Crippen molar-refractivity contribution >= 4 is 55.7 Å². The molecule has 0 bridgehead atoms. The monoisotopic (exact) mass is 444 g/mol. The molecule has 9 heteroatoms. The van der Waals surface area contributed by atoms with Crippen LogP contribution in [0, 0.1) is 5.82 Å². The van der Waals surface area contributed by atoms with Gasteiger partial charge in [-0.25, -0.2) is 12.8 Å². The number of halogens is 3. The van der Waals surface area contributed by atoms with Crippen LogP contribution in [0.1, 0.15) is 5.56 Å². The molecule has 0 radical (unpaired) electrons. The smallest absolute Gasteiger partial charge is 0.164 e. The molecule has 2 aliphatic rings. The second-order valence-electron chi connectivity index (χ2n) is 6.49. The van der Waals surface area contributed by atoms with Crippen LogP contribution in [-0.2, 0) is 15.6 Å². The molecule has 2 aromatic carbocycles. The third-order valence-electron chi connectivity index (χ3n) is 4.58. The highest BCUT2D eigenvalue weighted by Gasteiger charge is 2.47. The Hall–Kier alpha value is -1.28. The van der Waals surface area contributed by atoms with E-state index in [9.17, 15) is 12.8 Å². The first-order chi connectivity index (χ1) is 12.8. The summed E-state index contributed by atoms with van der Waals surface area (Å²) in [6, 6.07) is 11.1. The number of sulfone groups is 1. The van der Waals surface area contributed by atoms with Gasteiger partial charge in [0.2, 0.25) is 0 Å². The van der Waals surface area contributed by atoms with Gasteiger partial charge in [0.05, 0.1) is 23.6 Å². The number of rotatable bonds is 3. The number of fused-ring (bicyclic) bond motifs is 1. The summed E-state index contributed by atoms with van der Waals surface area (Å²) in [6.07, 6.45) is 0. The summed E-state index contributed by atoms with van der Waals surface area (Å²) < 4.78 is 37.4. The second-order valence-corrected chi connectivity index (χ2v) is 10.4. The summed E-state index contributed by atoms with van der Waals surface area (Å²) in [5.41, 5.74) is 1.65. The molecule has 0 saturated carbocycles. The quantitative estimate of drug-likeness (QED) is 0.703. The standard InChI is InChI=1S/C18H15Cl2FN2O2S2/c19-12-2-5-14(6-3-12)23-17-10-27(24,25)9-16(17)22-18(23)26-8-11-1-4-13(21)7-15(11)20/h1-7,16-17H,8-10H2/t16-,17-/m0/s1. The molecule has 4 nitrogen and oxygen atoms in total. The van der Waals surface area contributed by atoms with E-state index in [1.807, 2.05) is 17.0 Å². The van der Waals surface area contributed by atoms with E-state index >= 15 is 0 Å². The average molecular weight is 445 g/mol. The van der Waals surface area contributed by atoms with Gasteiger partial charge >= 0.3 is 0 Å². The van der Waals surface area contributed by atoms with Crippen LogP contribution in [0.25, 0.3) is 0 Å². The van der Waals surface area contributed by atoms with Gasteiger partial charge < -0.3 is 4.90 Å². The Labute approximate surface area is 171 Å². The number of thioether (sulfide) groups is 1. The minimum atomic E-state index is -3.10. The van der Waals surface area contributed by atoms with Gasteiger partial charge in [-0.1, -0.05) is 41.0 Å². The highest BCUT2D eigenvalue weighted by atomic mass is 35.5. The molecule has 1 saturated heterocycles. The van der Waals surface area contributed by atoms with E-state index in [1.54, 1.807) is 18.2 Å². The van der Waals surface area contributed by atoms with E-state index in [0.29, 0.717) is 15.8 Å². The number of benzene rings is 2. The zero-order valence-electron chi connectivity index (χ0n) is 14.0. The fourth-order valence-electron chi connectivity index (χ4n) is 3.32. The van der Waals surface area contributed by atoms with Gasteiger partial charge in [0.1, 0.15) is 5.82 Å². The van der Waals surface area contributed by atoms with Crippen LogP contribution in [0.15, 0.2) is 47.5 Å². The summed E-state index contributed by atoms with van der Waals surface area (Å²) in [7, 11) is -3.10. The minimum absolute atomic E-state index is 0.0587. The maximum absolute atomic E-state index is 13.2. The van der Waals surface area contributed by atoms with E-state index in [-0.39, 0.29) is 29.4 Å². The van der Waals surface area contributed by atoms with Gasteiger partial charge in [0, 0.05) is 21.5 Å². The molecular formula is C18H15Cl2FN2O2S2. The maximum atomic E-state index is 13.2. The van der Waals surface area contributed by atoms with Crippen molar-refractivity contribution in [3.8, 4) is 0 Å². The fourth-order valence-corrected chi connectivity index (χ4v) is 6.73. The largest absolute Gasteiger partial charge is 0.315 e. The predicted octanol–water partition coefficient (Wildman–Crippen LogP) is 4.41. The van der Waals surface area contributed by atoms with E-state index in [0.717, 1.165) is 16.4 Å². The molecule has 2 aliphatic heterocycles. The van der Waals surface area contributed by atoms with Crippen molar-refractivity contribution in [2.45, 2.75) is 17.8 Å². The molecular weight excluding hydrogens is 430 g/mol. The molecule has 0 N–H and O–H groups in total.